The Morgan fingerprint density at radius 1 is 1.50 bits per heavy atom. The normalized spacial score (nSPS) is 12.0. The van der Waals surface area contributed by atoms with Crippen LogP contribution in [0.4, 0.5) is 13.2 Å². The van der Waals surface area contributed by atoms with E-state index >= 15 is 0 Å². The van der Waals surface area contributed by atoms with E-state index in [9.17, 15) is 18.0 Å². The standard InChI is InChI=1S/C5H6F3NO/c1-9-3-2-4(10)5(6,7)8/h2-3,9H,1H3/b3-2+. The smallest absolute Gasteiger partial charge is 0.394 e. The lowest BCUT2D eigenvalue weighted by Crippen LogP contribution is -2.20. The molecule has 0 radical (unpaired) electrons. The van der Waals surface area contributed by atoms with Crippen molar-refractivity contribution in [2.45, 2.75) is 6.18 Å². The summed E-state index contributed by atoms with van der Waals surface area (Å²) in [7, 11) is 1.40. The van der Waals surface area contributed by atoms with Crippen LogP contribution >= 0.6 is 0 Å². The van der Waals surface area contributed by atoms with Crippen LogP contribution in [0.15, 0.2) is 12.3 Å². The molecule has 0 amide bonds. The largest absolute Gasteiger partial charge is 0.454 e. The zero-order valence-electron chi connectivity index (χ0n) is 5.20. The van der Waals surface area contributed by atoms with Crippen molar-refractivity contribution in [2.75, 3.05) is 7.05 Å². The SMILES string of the molecule is CN/C=C/C(=O)C(F)(F)F. The molecule has 0 aromatic rings. The molecule has 0 unspecified atom stereocenters. The summed E-state index contributed by atoms with van der Waals surface area (Å²) >= 11 is 0. The molecule has 0 aromatic heterocycles. The second-order valence-electron chi connectivity index (χ2n) is 1.48. The highest BCUT2D eigenvalue weighted by molar-refractivity contribution is 5.94. The minimum Gasteiger partial charge on any atom is -0.394 e. The van der Waals surface area contributed by atoms with Gasteiger partial charge in [0.25, 0.3) is 5.78 Å². The van der Waals surface area contributed by atoms with Gasteiger partial charge >= 0.3 is 6.18 Å². The zero-order chi connectivity index (χ0) is 8.20. The van der Waals surface area contributed by atoms with E-state index in [4.69, 9.17) is 0 Å². The third-order valence-corrected chi connectivity index (χ3v) is 0.681. The number of hydrogen-bond acceptors (Lipinski definition) is 2. The van der Waals surface area contributed by atoms with Gasteiger partial charge in [0.05, 0.1) is 0 Å². The summed E-state index contributed by atoms with van der Waals surface area (Å²) in [5, 5.41) is 2.27. The van der Waals surface area contributed by atoms with E-state index in [1.165, 1.54) is 7.05 Å². The van der Waals surface area contributed by atoms with Gasteiger partial charge in [-0.2, -0.15) is 13.2 Å². The third kappa shape index (κ3) is 3.11. The van der Waals surface area contributed by atoms with Crippen LogP contribution in [-0.4, -0.2) is 19.0 Å². The fourth-order valence-corrected chi connectivity index (χ4v) is 0.254. The molecule has 0 aliphatic heterocycles. The molecule has 0 aromatic carbocycles. The van der Waals surface area contributed by atoms with Crippen molar-refractivity contribution in [1.82, 2.24) is 5.32 Å². The highest BCUT2D eigenvalue weighted by atomic mass is 19.4. The lowest BCUT2D eigenvalue weighted by Gasteiger charge is -1.98. The number of allylic oxidation sites excluding steroid dienone is 1. The first-order chi connectivity index (χ1) is 4.48. The molecule has 5 heteroatoms. The Balaban J connectivity index is 3.98. The van der Waals surface area contributed by atoms with Crippen molar-refractivity contribution < 1.29 is 18.0 Å². The van der Waals surface area contributed by atoms with Gasteiger partial charge < -0.3 is 5.32 Å². The van der Waals surface area contributed by atoms with Crippen molar-refractivity contribution in [1.29, 1.82) is 0 Å². The van der Waals surface area contributed by atoms with Gasteiger partial charge in [-0.15, -0.1) is 0 Å². The summed E-state index contributed by atoms with van der Waals surface area (Å²) in [5.41, 5.74) is 0. The number of carbonyl (C=O) groups excluding carboxylic acids is 1. The molecule has 0 spiro atoms. The highest BCUT2D eigenvalue weighted by Gasteiger charge is 2.35. The Bertz CT molecular complexity index is 149. The maximum atomic E-state index is 11.3. The summed E-state index contributed by atoms with van der Waals surface area (Å²) < 4.78 is 34.0. The van der Waals surface area contributed by atoms with E-state index in [-0.39, 0.29) is 0 Å². The topological polar surface area (TPSA) is 29.1 Å². The molecule has 0 aliphatic carbocycles. The molecule has 0 bridgehead atoms. The van der Waals surface area contributed by atoms with Gasteiger partial charge in [-0.25, -0.2) is 0 Å². The van der Waals surface area contributed by atoms with Crippen LogP contribution in [0.3, 0.4) is 0 Å². The van der Waals surface area contributed by atoms with Gasteiger partial charge in [0.2, 0.25) is 0 Å². The van der Waals surface area contributed by atoms with Crippen molar-refractivity contribution in [2.24, 2.45) is 0 Å². The molecule has 0 atom stereocenters. The minimum atomic E-state index is -4.76. The molecule has 58 valence electrons. The predicted octanol–water partition coefficient (Wildman–Crippen LogP) is 0.851. The molecule has 1 N–H and O–H groups in total. The summed E-state index contributed by atoms with van der Waals surface area (Å²) in [5.74, 6) is -1.86. The summed E-state index contributed by atoms with van der Waals surface area (Å²) in [6.07, 6.45) is -3.40. The number of alkyl halides is 3. The molecular formula is C5H6F3NO. The van der Waals surface area contributed by atoms with E-state index in [0.717, 1.165) is 6.20 Å². The Morgan fingerprint density at radius 3 is 2.30 bits per heavy atom. The molecule has 0 aliphatic rings. The van der Waals surface area contributed by atoms with Crippen molar-refractivity contribution in [3.63, 3.8) is 0 Å². The van der Waals surface area contributed by atoms with Crippen molar-refractivity contribution in [3.05, 3.63) is 12.3 Å². The predicted molar refractivity (Wildman–Crippen MR) is 29.3 cm³/mol. The van der Waals surface area contributed by atoms with Gasteiger partial charge in [-0.05, 0) is 0 Å². The van der Waals surface area contributed by atoms with Crippen LogP contribution in [0.5, 0.6) is 0 Å². The maximum absolute atomic E-state index is 11.3. The highest BCUT2D eigenvalue weighted by Crippen LogP contribution is 2.15. The van der Waals surface area contributed by atoms with E-state index < -0.39 is 12.0 Å². The second kappa shape index (κ2) is 3.24. The maximum Gasteiger partial charge on any atom is 0.454 e. The molecule has 0 rings (SSSR count). The Kier molecular flexibility index (Phi) is 2.92. The fourth-order valence-electron chi connectivity index (χ4n) is 0.254. The molecule has 0 heterocycles. The van der Waals surface area contributed by atoms with Gasteiger partial charge in [0.15, 0.2) is 0 Å². The quantitative estimate of drug-likeness (QED) is 0.596. The Morgan fingerprint density at radius 2 is 2.00 bits per heavy atom. The van der Waals surface area contributed by atoms with Crippen LogP contribution in [-0.2, 0) is 4.79 Å². The first kappa shape index (κ1) is 9.00. The molecule has 0 saturated carbocycles. The van der Waals surface area contributed by atoms with Crippen molar-refractivity contribution >= 4 is 5.78 Å². The number of halogens is 3. The van der Waals surface area contributed by atoms with Crippen LogP contribution in [0.25, 0.3) is 0 Å². The molecule has 0 fully saturated rings. The number of ketones is 1. The summed E-state index contributed by atoms with van der Waals surface area (Å²) in [4.78, 5) is 9.97. The number of nitrogens with one attached hydrogen (secondary N) is 1. The van der Waals surface area contributed by atoms with Gasteiger partial charge in [-0.3, -0.25) is 4.79 Å². The molecule has 2 nitrogen and oxygen atoms in total. The Hall–Kier alpha value is -1.00. The lowest BCUT2D eigenvalue weighted by atomic mass is 10.4. The molecule has 10 heavy (non-hydrogen) atoms. The van der Waals surface area contributed by atoms with E-state index in [1.54, 1.807) is 0 Å². The van der Waals surface area contributed by atoms with Crippen molar-refractivity contribution in [3.8, 4) is 0 Å². The number of rotatable bonds is 2. The molecule has 0 saturated heterocycles. The number of hydrogen-bond donors (Lipinski definition) is 1. The molecular weight excluding hydrogens is 147 g/mol. The fraction of sp³-hybridized carbons (Fsp3) is 0.400. The second-order valence-corrected chi connectivity index (χ2v) is 1.48. The van der Waals surface area contributed by atoms with Crippen LogP contribution in [0, 0.1) is 0 Å². The van der Waals surface area contributed by atoms with Gasteiger partial charge in [0.1, 0.15) is 0 Å². The van der Waals surface area contributed by atoms with Gasteiger partial charge in [-0.1, -0.05) is 0 Å². The Labute approximate surface area is 55.7 Å². The number of carbonyl (C=O) groups is 1. The average Bonchev–Trinajstić information content (AvgIpc) is 1.80. The van der Waals surface area contributed by atoms with Crippen LogP contribution < -0.4 is 5.32 Å². The summed E-state index contributed by atoms with van der Waals surface area (Å²) in [6, 6.07) is 0. The first-order valence-corrected chi connectivity index (χ1v) is 2.43. The third-order valence-electron chi connectivity index (χ3n) is 0.681. The van der Waals surface area contributed by atoms with Crippen LogP contribution in [0.2, 0.25) is 0 Å². The first-order valence-electron chi connectivity index (χ1n) is 2.43. The summed E-state index contributed by atoms with van der Waals surface area (Å²) in [6.45, 7) is 0. The lowest BCUT2D eigenvalue weighted by molar-refractivity contribution is -0.165. The van der Waals surface area contributed by atoms with E-state index in [1.807, 2.05) is 0 Å². The van der Waals surface area contributed by atoms with Gasteiger partial charge in [0, 0.05) is 19.3 Å². The zero-order valence-corrected chi connectivity index (χ0v) is 5.20. The average molecular weight is 153 g/mol. The monoisotopic (exact) mass is 153 g/mol. The van der Waals surface area contributed by atoms with Crippen LogP contribution in [0.1, 0.15) is 0 Å². The minimum absolute atomic E-state index is 0.431. The van der Waals surface area contributed by atoms with E-state index in [2.05, 4.69) is 5.32 Å². The van der Waals surface area contributed by atoms with E-state index in [0.29, 0.717) is 6.08 Å².